The van der Waals surface area contributed by atoms with Gasteiger partial charge in [-0.3, -0.25) is 9.59 Å². The van der Waals surface area contributed by atoms with Crippen molar-refractivity contribution in [2.75, 3.05) is 39.1 Å². The molecule has 2 rings (SSSR count). The number of rotatable bonds is 7. The minimum Gasteiger partial charge on any atom is -0.399 e. The second kappa shape index (κ2) is 9.37. The molecule has 3 N–H and O–H groups in total. The lowest BCUT2D eigenvalue weighted by Crippen LogP contribution is -2.34. The van der Waals surface area contributed by atoms with Gasteiger partial charge >= 0.3 is 0 Å². The van der Waals surface area contributed by atoms with Crippen LogP contribution in [0.4, 0.5) is 5.69 Å². The van der Waals surface area contributed by atoms with Gasteiger partial charge in [0.1, 0.15) is 0 Å². The largest absolute Gasteiger partial charge is 0.399 e. The smallest absolute Gasteiger partial charge is 0.225 e. The van der Waals surface area contributed by atoms with Crippen LogP contribution in [0, 0.1) is 5.92 Å². The molecule has 2 amide bonds. The number of carbonyl (C=O) groups is 2. The van der Waals surface area contributed by atoms with Gasteiger partial charge in [-0.1, -0.05) is 12.1 Å². The molecule has 1 aromatic carbocycles. The lowest BCUT2D eigenvalue weighted by atomic mass is 10.1. The zero-order valence-corrected chi connectivity index (χ0v) is 14.1. The number of nitrogens with one attached hydrogen (secondary N) is 1. The molecule has 1 aromatic rings. The number of nitrogens with two attached hydrogens (primary N) is 1. The van der Waals surface area contributed by atoms with Crippen molar-refractivity contribution in [3.05, 3.63) is 29.8 Å². The number of amides is 2. The van der Waals surface area contributed by atoms with E-state index < -0.39 is 0 Å². The highest BCUT2D eigenvalue weighted by Crippen LogP contribution is 2.17. The van der Waals surface area contributed by atoms with Crippen LogP contribution < -0.4 is 11.1 Å². The van der Waals surface area contributed by atoms with Crippen LogP contribution in [0.1, 0.15) is 12.0 Å². The summed E-state index contributed by atoms with van der Waals surface area (Å²) in [5.41, 5.74) is 7.49. The van der Waals surface area contributed by atoms with Crippen LogP contribution in [-0.4, -0.2) is 50.1 Å². The Hall–Kier alpha value is -1.79. The first-order valence-corrected chi connectivity index (χ1v) is 7.49. The summed E-state index contributed by atoms with van der Waals surface area (Å²) < 4.78 is 4.97. The molecule has 1 aliphatic rings. The third-order valence-corrected chi connectivity index (χ3v) is 3.84. The third kappa shape index (κ3) is 5.73. The molecular formula is C16H24ClN3O3. The number of anilines is 1. The second-order valence-corrected chi connectivity index (χ2v) is 5.52. The number of nitrogens with zero attached hydrogens (tertiary/aromatic N) is 1. The highest BCUT2D eigenvalue weighted by Gasteiger charge is 2.33. The van der Waals surface area contributed by atoms with E-state index in [-0.39, 0.29) is 36.6 Å². The van der Waals surface area contributed by atoms with E-state index in [4.69, 9.17) is 10.5 Å². The van der Waals surface area contributed by atoms with E-state index in [2.05, 4.69) is 5.32 Å². The predicted octanol–water partition coefficient (Wildman–Crippen LogP) is 0.844. The third-order valence-electron chi connectivity index (χ3n) is 3.84. The normalized spacial score (nSPS) is 17.0. The van der Waals surface area contributed by atoms with Crippen molar-refractivity contribution in [3.63, 3.8) is 0 Å². The van der Waals surface area contributed by atoms with E-state index in [0.717, 1.165) is 17.7 Å². The average Bonchev–Trinajstić information content (AvgIpc) is 2.88. The molecule has 1 heterocycles. The van der Waals surface area contributed by atoms with E-state index in [9.17, 15) is 9.59 Å². The van der Waals surface area contributed by atoms with Crippen molar-refractivity contribution in [2.24, 2.45) is 5.92 Å². The molecule has 1 aliphatic heterocycles. The molecule has 23 heavy (non-hydrogen) atoms. The maximum Gasteiger partial charge on any atom is 0.225 e. The van der Waals surface area contributed by atoms with Crippen LogP contribution in [0.5, 0.6) is 0 Å². The van der Waals surface area contributed by atoms with E-state index in [1.807, 2.05) is 24.3 Å². The van der Waals surface area contributed by atoms with Gasteiger partial charge in [0, 0.05) is 38.9 Å². The van der Waals surface area contributed by atoms with E-state index in [1.54, 1.807) is 12.0 Å². The summed E-state index contributed by atoms with van der Waals surface area (Å²) in [5, 5.41) is 2.90. The number of methoxy groups -OCH3 is 1. The van der Waals surface area contributed by atoms with Gasteiger partial charge in [0.25, 0.3) is 0 Å². The first-order valence-electron chi connectivity index (χ1n) is 7.49. The number of carbonyl (C=O) groups excluding carboxylic acids is 2. The van der Waals surface area contributed by atoms with Gasteiger partial charge in [-0.25, -0.2) is 0 Å². The predicted molar refractivity (Wildman–Crippen MR) is 91.4 cm³/mol. The Kier molecular flexibility index (Phi) is 7.85. The fraction of sp³-hybridized carbons (Fsp3) is 0.500. The molecule has 7 heteroatoms. The summed E-state index contributed by atoms with van der Waals surface area (Å²) in [5.74, 6) is -0.282. The van der Waals surface area contributed by atoms with Crippen LogP contribution in [0.15, 0.2) is 24.3 Å². The van der Waals surface area contributed by atoms with Gasteiger partial charge in [-0.2, -0.15) is 0 Å². The monoisotopic (exact) mass is 341 g/mol. The number of benzene rings is 1. The minimum absolute atomic E-state index is 0. The molecule has 6 nitrogen and oxygen atoms in total. The molecule has 1 fully saturated rings. The summed E-state index contributed by atoms with van der Waals surface area (Å²) in [6.07, 6.45) is 1.04. The van der Waals surface area contributed by atoms with Crippen LogP contribution >= 0.6 is 12.4 Å². The molecule has 0 aliphatic carbocycles. The summed E-state index contributed by atoms with van der Waals surface area (Å²) in [6.45, 7) is 2.09. The van der Waals surface area contributed by atoms with Crippen molar-refractivity contribution in [2.45, 2.75) is 12.8 Å². The second-order valence-electron chi connectivity index (χ2n) is 5.52. The van der Waals surface area contributed by atoms with Crippen molar-refractivity contribution in [3.8, 4) is 0 Å². The first-order chi connectivity index (χ1) is 10.6. The molecule has 0 saturated carbocycles. The maximum atomic E-state index is 12.1. The van der Waals surface area contributed by atoms with Gasteiger partial charge in [-0.15, -0.1) is 12.4 Å². The van der Waals surface area contributed by atoms with Crippen molar-refractivity contribution in [1.29, 1.82) is 0 Å². The van der Waals surface area contributed by atoms with Gasteiger partial charge < -0.3 is 20.7 Å². The number of likely N-dealkylation sites (tertiary alicyclic amines) is 1. The van der Waals surface area contributed by atoms with Crippen LogP contribution in [0.3, 0.4) is 0 Å². The van der Waals surface area contributed by atoms with Crippen molar-refractivity contribution < 1.29 is 14.3 Å². The standard InChI is InChI=1S/C16H23N3O3.ClH/c1-22-9-8-19-11-13(10-15(19)20)16(21)18-7-6-12-2-4-14(17)5-3-12;/h2-5,13H,6-11,17H2,1H3,(H,18,21);1H. The Morgan fingerprint density at radius 2 is 2.09 bits per heavy atom. The molecule has 0 aromatic heterocycles. The molecule has 128 valence electrons. The Balaban J connectivity index is 0.00000264. The van der Waals surface area contributed by atoms with Gasteiger partial charge in [-0.05, 0) is 24.1 Å². The molecule has 1 saturated heterocycles. The lowest BCUT2D eigenvalue weighted by molar-refractivity contribution is -0.129. The first kappa shape index (κ1) is 19.3. The number of hydrogen-bond acceptors (Lipinski definition) is 4. The molecule has 0 bridgehead atoms. The minimum atomic E-state index is -0.254. The zero-order valence-electron chi connectivity index (χ0n) is 13.3. The Morgan fingerprint density at radius 1 is 1.39 bits per heavy atom. The molecule has 1 unspecified atom stereocenters. The van der Waals surface area contributed by atoms with Gasteiger partial charge in [0.15, 0.2) is 0 Å². The lowest BCUT2D eigenvalue weighted by Gasteiger charge is -2.15. The highest BCUT2D eigenvalue weighted by atomic mass is 35.5. The van der Waals surface area contributed by atoms with E-state index in [0.29, 0.717) is 26.2 Å². The summed E-state index contributed by atoms with van der Waals surface area (Å²) >= 11 is 0. The van der Waals surface area contributed by atoms with E-state index in [1.165, 1.54) is 0 Å². The number of hydrogen-bond donors (Lipinski definition) is 2. The molecule has 0 spiro atoms. The Bertz CT molecular complexity index is 522. The number of halogens is 1. The van der Waals surface area contributed by atoms with E-state index >= 15 is 0 Å². The fourth-order valence-electron chi connectivity index (χ4n) is 2.52. The van der Waals surface area contributed by atoms with Crippen LogP contribution in [0.2, 0.25) is 0 Å². The van der Waals surface area contributed by atoms with Gasteiger partial charge in [0.05, 0.1) is 12.5 Å². The number of ether oxygens (including phenoxy) is 1. The SMILES string of the molecule is COCCN1CC(C(=O)NCCc2ccc(N)cc2)CC1=O.Cl. The summed E-state index contributed by atoms with van der Waals surface area (Å²) in [4.78, 5) is 25.6. The van der Waals surface area contributed by atoms with Crippen LogP contribution in [0.25, 0.3) is 0 Å². The zero-order chi connectivity index (χ0) is 15.9. The quantitative estimate of drug-likeness (QED) is 0.720. The topological polar surface area (TPSA) is 84.7 Å². The molecule has 0 radical (unpaired) electrons. The van der Waals surface area contributed by atoms with Crippen molar-refractivity contribution in [1.82, 2.24) is 10.2 Å². The molecular weight excluding hydrogens is 318 g/mol. The Labute approximate surface area is 142 Å². The van der Waals surface area contributed by atoms with Crippen LogP contribution in [-0.2, 0) is 20.7 Å². The fourth-order valence-corrected chi connectivity index (χ4v) is 2.52. The summed E-state index contributed by atoms with van der Waals surface area (Å²) in [7, 11) is 1.60. The molecule has 1 atom stereocenters. The Morgan fingerprint density at radius 3 is 2.74 bits per heavy atom. The van der Waals surface area contributed by atoms with Gasteiger partial charge in [0.2, 0.25) is 11.8 Å². The average molecular weight is 342 g/mol. The maximum absolute atomic E-state index is 12.1. The number of nitrogen functional groups attached to an aromatic ring is 1. The summed E-state index contributed by atoms with van der Waals surface area (Å²) in [6, 6.07) is 7.60. The highest BCUT2D eigenvalue weighted by molar-refractivity contribution is 5.89. The van der Waals surface area contributed by atoms with Crippen molar-refractivity contribution >= 4 is 29.9 Å².